The normalized spacial score (nSPS) is 52.1. The van der Waals surface area contributed by atoms with Crippen molar-refractivity contribution in [1.82, 2.24) is 0 Å². The first-order valence-corrected chi connectivity index (χ1v) is 38.5. The number of aliphatic carboxylic acids is 1. The number of nitrogens with two attached hydrogens (primary N) is 1. The summed E-state index contributed by atoms with van der Waals surface area (Å²) in [4.78, 5) is 13.1. The lowest BCUT2D eigenvalue weighted by Crippen LogP contribution is -2.70. The molecule has 10 saturated heterocycles. The van der Waals surface area contributed by atoms with Crippen LogP contribution in [-0.2, 0) is 94.8 Å². The summed E-state index contributed by atoms with van der Waals surface area (Å²) in [6.07, 6.45) is -86.7. The highest BCUT2D eigenvalue weighted by atomic mass is 16.8. The van der Waals surface area contributed by atoms with Gasteiger partial charge in [0.2, 0.25) is 0 Å². The van der Waals surface area contributed by atoms with Crippen LogP contribution in [0.2, 0.25) is 0 Å². The van der Waals surface area contributed by atoms with Crippen molar-refractivity contribution >= 4 is 5.97 Å². The van der Waals surface area contributed by atoms with Crippen molar-refractivity contribution in [1.29, 1.82) is 0 Å². The second-order valence-corrected chi connectivity index (χ2v) is 31.3. The van der Waals surface area contributed by atoms with E-state index in [1.807, 2.05) is 0 Å². The number of aliphatic hydroxyl groups is 27. The molecule has 0 bridgehead atoms. The topological polar surface area (TPSA) is 785 Å². The van der Waals surface area contributed by atoms with E-state index in [9.17, 15) is 148 Å². The molecule has 0 spiro atoms. The maximum Gasteiger partial charge on any atom is 0.364 e. The first kappa shape index (κ1) is 96.8. The predicted molar refractivity (Wildman–Crippen MR) is 365 cm³/mol. The second kappa shape index (κ2) is 41.4. The Kier molecular flexibility index (Phi) is 34.2. The fourth-order valence-corrected chi connectivity index (χ4v) is 16.0. The van der Waals surface area contributed by atoms with Crippen molar-refractivity contribution in [3.63, 3.8) is 0 Å². The Morgan fingerprint density at radius 3 is 1.10 bits per heavy atom. The average molecular weight is 1720 g/mol. The third-order valence-electron chi connectivity index (χ3n) is 23.7. The predicted octanol–water partition coefficient (Wildman–Crippen LogP) is -17.5. The quantitative estimate of drug-likeness (QED) is 0.0306. The van der Waals surface area contributed by atoms with Crippen LogP contribution in [0.15, 0.2) is 0 Å². The smallest absolute Gasteiger partial charge is 0.364 e. The summed E-state index contributed by atoms with van der Waals surface area (Å²) in [5.74, 6) is -9.80. The van der Waals surface area contributed by atoms with Crippen molar-refractivity contribution in [2.24, 2.45) is 29.4 Å². The average Bonchev–Trinajstić information content (AvgIpc) is 0.762. The van der Waals surface area contributed by atoms with Crippen LogP contribution in [0, 0.1) is 23.7 Å². The van der Waals surface area contributed by atoms with E-state index in [0.29, 0.717) is 0 Å². The van der Waals surface area contributed by atoms with Gasteiger partial charge >= 0.3 is 5.97 Å². The van der Waals surface area contributed by atoms with E-state index in [-0.39, 0.29) is 0 Å². The van der Waals surface area contributed by atoms with Gasteiger partial charge in [0.05, 0.1) is 109 Å². The molecule has 49 heteroatoms. The molecule has 49 nitrogen and oxygen atoms in total. The Morgan fingerprint density at radius 2 is 0.675 bits per heavy atom. The summed E-state index contributed by atoms with van der Waals surface area (Å²) in [6.45, 7) is -2.82. The lowest BCUT2D eigenvalue weighted by Gasteiger charge is -2.51. The molecule has 682 valence electrons. The molecule has 0 aliphatic carbocycles. The van der Waals surface area contributed by atoms with E-state index in [2.05, 4.69) is 0 Å². The van der Waals surface area contributed by atoms with Gasteiger partial charge < -0.3 is 239 Å². The third-order valence-corrected chi connectivity index (χ3v) is 23.7. The lowest BCUT2D eigenvalue weighted by molar-refractivity contribution is -0.404. The zero-order valence-electron chi connectivity index (χ0n) is 63.9. The molecule has 10 heterocycles. The molecule has 10 rings (SSSR count). The van der Waals surface area contributed by atoms with Crippen LogP contribution in [0.25, 0.3) is 0 Å². The monoisotopic (exact) mass is 1720 g/mol. The van der Waals surface area contributed by atoms with Crippen molar-refractivity contribution in [2.45, 2.75) is 329 Å². The first-order valence-electron chi connectivity index (χ1n) is 38.5. The molecule has 19 unspecified atom stereocenters. The van der Waals surface area contributed by atoms with Crippen LogP contribution in [0.5, 0.6) is 0 Å². The fraction of sp³-hybridized carbons (Fsp3) is 0.985. The summed E-state index contributed by atoms with van der Waals surface area (Å²) in [5, 5.41) is 310. The Hall–Kier alpha value is -2.41. The lowest BCUT2D eigenvalue weighted by atomic mass is 9.88. The Balaban J connectivity index is 0.912. The van der Waals surface area contributed by atoms with Crippen LogP contribution in [0.1, 0.15) is 41.0 Å². The number of hydrogen-bond donors (Lipinski definition) is 29. The molecule has 10 aliphatic rings. The summed E-state index contributed by atoms with van der Waals surface area (Å²) >= 11 is 0. The standard InChI is InChI=1S/C68H117NO48/c1-17-21(5)100-28(12-75)50(34(17)81)109-59-18(2)35(82)52(30(14-77)105-59)111-63-48(95)55(43(90)32(108-63)16-99-65-57(45(92)40(87)25(9-72)103-65)114-60-19(3)36(83)51(29(13-76)106-60)110-62-47(94)44(91)39(86)24(8-71)101-62)113-66-58(46(93)41(88)26(10-73)104-66)115-61-20(4)37(84)53(31(15-78)107-61)112-64-49(96)56(42(89)27(11-74)102-64)117-68(67(97)98)6-22(79)33(69)54(116-68)38(85)23(80)7-70/h17-66,70-96H,6-16,69H2,1-5H3,(H,97,98)/t17?,18?,19?,20-,21-,22+,23+,24?,25?,26+,27?,28?,29-,30?,31?,32?,33+,34+,35+,36?,37?,38+,39-,40+,41+,42-,43+,44-,45?,46?,47?,48+,49-,50+,51+,52+,53+,54?,55?,56?,57+,58?,59-,60-,61-,62-,63-,64-,65-,66+,68-/m0/s1. The van der Waals surface area contributed by atoms with Crippen molar-refractivity contribution in [3.8, 4) is 0 Å². The van der Waals surface area contributed by atoms with Gasteiger partial charge in [0.15, 0.2) is 50.3 Å². The van der Waals surface area contributed by atoms with Gasteiger partial charge in [-0.25, -0.2) is 4.79 Å². The van der Waals surface area contributed by atoms with Gasteiger partial charge in [-0.3, -0.25) is 0 Å². The molecule has 117 heavy (non-hydrogen) atoms. The molecule has 0 radical (unpaired) electrons. The highest BCUT2D eigenvalue weighted by Gasteiger charge is 2.63. The molecule has 0 aromatic carbocycles. The zero-order chi connectivity index (χ0) is 86.2. The van der Waals surface area contributed by atoms with Crippen LogP contribution in [0.3, 0.4) is 0 Å². The molecule has 51 atom stereocenters. The van der Waals surface area contributed by atoms with Crippen LogP contribution in [0.4, 0.5) is 0 Å². The van der Waals surface area contributed by atoms with Gasteiger partial charge in [0, 0.05) is 30.1 Å². The Morgan fingerprint density at radius 1 is 0.350 bits per heavy atom. The maximum absolute atomic E-state index is 13.1. The van der Waals surface area contributed by atoms with E-state index < -0.39 is 390 Å². The highest BCUT2D eigenvalue weighted by molar-refractivity contribution is 5.76. The minimum atomic E-state index is -3.16. The van der Waals surface area contributed by atoms with Gasteiger partial charge in [-0.2, -0.15) is 0 Å². The number of ether oxygens (including phenoxy) is 19. The first-order chi connectivity index (χ1) is 55.3. The molecular weight excluding hydrogens is 1600 g/mol. The maximum atomic E-state index is 13.1. The summed E-state index contributed by atoms with van der Waals surface area (Å²) in [5.41, 5.74) is 6.00. The van der Waals surface area contributed by atoms with E-state index in [0.717, 1.165) is 0 Å². The van der Waals surface area contributed by atoms with Gasteiger partial charge in [-0.05, 0) is 6.92 Å². The Bertz CT molecular complexity index is 3020. The molecule has 10 fully saturated rings. The number of carboxylic acids is 1. The Labute approximate surface area is 666 Å². The van der Waals surface area contributed by atoms with E-state index in [1.54, 1.807) is 13.8 Å². The molecule has 0 saturated carbocycles. The zero-order valence-corrected chi connectivity index (χ0v) is 63.9. The number of carboxylic acid groups (broad SMARTS) is 1. The number of aliphatic hydroxyl groups excluding tert-OH is 27. The molecule has 30 N–H and O–H groups in total. The van der Waals surface area contributed by atoms with Gasteiger partial charge in [-0.1, -0.05) is 27.7 Å². The number of rotatable bonds is 31. The highest BCUT2D eigenvalue weighted by Crippen LogP contribution is 2.44. The molecule has 0 aromatic heterocycles. The van der Waals surface area contributed by atoms with E-state index in [1.165, 1.54) is 20.8 Å². The van der Waals surface area contributed by atoms with Gasteiger partial charge in [0.1, 0.15) is 189 Å². The summed E-state index contributed by atoms with van der Waals surface area (Å²) < 4.78 is 114. The summed E-state index contributed by atoms with van der Waals surface area (Å²) in [7, 11) is 0. The fourth-order valence-electron chi connectivity index (χ4n) is 16.0. The minimum Gasteiger partial charge on any atom is -0.477 e. The number of carbonyl (C=O) groups is 1. The van der Waals surface area contributed by atoms with E-state index in [4.69, 9.17) is 95.7 Å². The van der Waals surface area contributed by atoms with Crippen molar-refractivity contribution in [3.05, 3.63) is 0 Å². The number of hydrogen-bond acceptors (Lipinski definition) is 48. The second-order valence-electron chi connectivity index (χ2n) is 31.3. The third kappa shape index (κ3) is 20.1. The van der Waals surface area contributed by atoms with Gasteiger partial charge in [-0.15, -0.1) is 0 Å². The van der Waals surface area contributed by atoms with E-state index >= 15 is 0 Å². The van der Waals surface area contributed by atoms with Crippen molar-refractivity contribution < 1.29 is 238 Å². The molecule has 0 amide bonds. The van der Waals surface area contributed by atoms with Crippen LogP contribution >= 0.6 is 0 Å². The SMILES string of the molecule is CC1C(O)[C@H](O[C@@H]2OC(CO)[C@H](O)[C@H](O)C2O)[C@H](CO)O[C@H]1O[C@@H]1C(O)[C@H](O)C(CO)O[C@@H]1OCC1O[C@@H](O[C@@H]2C(CO)O[C@@H](O[C@@H]3C(CO)O[C@@H](C)C(C)[C@H]3O)C(C)[C@H]2O)[C@H](O)C(O[C@H]2O[C@H](CO)[C@@H](O)C(O)C2O[C@@H]2OC(CO)[C@@H](O[C@@H]3OC(CO)[C@H](O)C(O[C@]4(C(=O)O)C[C@@H](O)[C@@H](N)C([C@H](O)[C@H](O)CO)O4)[C@@H]3O)C(O)[C@@H]2C)[C@@H]1O. The largest absolute Gasteiger partial charge is 0.477 e. The summed E-state index contributed by atoms with van der Waals surface area (Å²) in [6, 6.07) is -1.64. The molecular formula is C68H117NO48. The van der Waals surface area contributed by atoms with Gasteiger partial charge in [0.25, 0.3) is 5.79 Å². The van der Waals surface area contributed by atoms with Crippen LogP contribution < -0.4 is 5.73 Å². The van der Waals surface area contributed by atoms with Crippen LogP contribution in [-0.4, -0.2) is 503 Å². The molecule has 10 aliphatic heterocycles. The van der Waals surface area contributed by atoms with Crippen molar-refractivity contribution in [2.75, 3.05) is 66.1 Å². The minimum absolute atomic E-state index is 0.556. The molecule has 0 aromatic rings.